The average molecular weight is 347 g/mol. The number of carbonyl (C=O) groups excluding carboxylic acids is 1. The molecule has 3 N–H and O–H groups in total. The lowest BCUT2D eigenvalue weighted by Crippen LogP contribution is -2.49. The number of carbonyl (C=O) groups is 1. The molecule has 0 bridgehead atoms. The molecule has 1 aliphatic carbocycles. The summed E-state index contributed by atoms with van der Waals surface area (Å²) in [4.78, 5) is 15.0. The largest absolute Gasteiger partial charge is 0.471 e. The summed E-state index contributed by atoms with van der Waals surface area (Å²) in [5, 5.41) is 15.6. The molecule has 25 heavy (non-hydrogen) atoms. The normalized spacial score (nSPS) is 22.0. The van der Waals surface area contributed by atoms with E-state index in [0.29, 0.717) is 25.3 Å². The molecule has 1 spiro atoms. The first-order valence-corrected chi connectivity index (χ1v) is 9.30. The second kappa shape index (κ2) is 7.70. The first kappa shape index (κ1) is 18.1. The lowest BCUT2D eigenvalue weighted by Gasteiger charge is -2.47. The number of hydrogen-bond acceptors (Lipinski definition) is 5. The zero-order chi connectivity index (χ0) is 17.9. The van der Waals surface area contributed by atoms with Gasteiger partial charge in [0.2, 0.25) is 12.3 Å². The second-order valence-electron chi connectivity index (χ2n) is 7.77. The van der Waals surface area contributed by atoms with Crippen molar-refractivity contribution in [2.45, 2.75) is 70.2 Å². The monoisotopic (exact) mass is 347 g/mol. The Hall–Kier alpha value is -1.66. The molecule has 2 atom stereocenters. The van der Waals surface area contributed by atoms with E-state index in [1.54, 1.807) is 0 Å². The van der Waals surface area contributed by atoms with Crippen molar-refractivity contribution in [3.63, 3.8) is 0 Å². The van der Waals surface area contributed by atoms with E-state index in [0.717, 1.165) is 37.1 Å². The number of fused-ring (bicyclic) bond motifs is 1. The minimum atomic E-state index is -0.813. The fourth-order valence-corrected chi connectivity index (χ4v) is 3.78. The van der Waals surface area contributed by atoms with E-state index >= 15 is 0 Å². The van der Waals surface area contributed by atoms with Gasteiger partial charge in [-0.2, -0.15) is 0 Å². The summed E-state index contributed by atoms with van der Waals surface area (Å²) in [6, 6.07) is 2.39. The van der Waals surface area contributed by atoms with Crippen LogP contribution in [0.3, 0.4) is 0 Å². The lowest BCUT2D eigenvalue weighted by atomic mass is 9.73. The summed E-state index contributed by atoms with van der Waals surface area (Å²) in [5.41, 5.74) is 2.28. The number of aliphatic hydroxyl groups is 1. The molecule has 1 fully saturated rings. The Labute approximate surface area is 149 Å². The highest BCUT2D eigenvalue weighted by molar-refractivity contribution is 5.46. The van der Waals surface area contributed by atoms with Crippen LogP contribution < -0.4 is 15.4 Å². The SMILES string of the molecule is CC(C)Cc1cnc2c(c1)C(NCCC(O)NC=O)CC1(CCC1)O2. The van der Waals surface area contributed by atoms with E-state index in [4.69, 9.17) is 4.74 Å². The third-order valence-corrected chi connectivity index (χ3v) is 5.18. The van der Waals surface area contributed by atoms with Gasteiger partial charge >= 0.3 is 0 Å². The van der Waals surface area contributed by atoms with Gasteiger partial charge in [-0.3, -0.25) is 4.79 Å². The molecule has 1 amide bonds. The van der Waals surface area contributed by atoms with Gasteiger partial charge in [-0.25, -0.2) is 4.98 Å². The quantitative estimate of drug-likeness (QED) is 0.495. The van der Waals surface area contributed by atoms with Crippen molar-refractivity contribution in [1.29, 1.82) is 0 Å². The number of nitrogens with one attached hydrogen (secondary N) is 2. The zero-order valence-electron chi connectivity index (χ0n) is 15.1. The molecule has 1 saturated carbocycles. The molecule has 0 radical (unpaired) electrons. The van der Waals surface area contributed by atoms with E-state index in [1.165, 1.54) is 12.0 Å². The van der Waals surface area contributed by atoms with Gasteiger partial charge in [0.15, 0.2) is 0 Å². The number of pyridine rings is 1. The van der Waals surface area contributed by atoms with Crippen LogP contribution in [0.4, 0.5) is 0 Å². The van der Waals surface area contributed by atoms with Crippen molar-refractivity contribution in [1.82, 2.24) is 15.6 Å². The van der Waals surface area contributed by atoms with E-state index < -0.39 is 6.23 Å². The van der Waals surface area contributed by atoms with Crippen LogP contribution in [0.5, 0.6) is 5.88 Å². The van der Waals surface area contributed by atoms with Gasteiger partial charge in [-0.15, -0.1) is 0 Å². The minimum absolute atomic E-state index is 0.0725. The maximum atomic E-state index is 10.4. The summed E-state index contributed by atoms with van der Waals surface area (Å²) in [6.07, 6.45) is 7.42. The summed E-state index contributed by atoms with van der Waals surface area (Å²) in [7, 11) is 0. The average Bonchev–Trinajstić information content (AvgIpc) is 2.53. The summed E-state index contributed by atoms with van der Waals surface area (Å²) in [6.45, 7) is 5.03. The Morgan fingerprint density at radius 3 is 2.92 bits per heavy atom. The maximum Gasteiger partial charge on any atom is 0.218 e. The van der Waals surface area contributed by atoms with Crippen LogP contribution in [0.2, 0.25) is 0 Å². The van der Waals surface area contributed by atoms with Crippen molar-refractivity contribution in [2.75, 3.05) is 6.54 Å². The van der Waals surface area contributed by atoms with Gasteiger partial charge in [0.05, 0.1) is 0 Å². The number of aromatic nitrogens is 1. The predicted octanol–water partition coefficient (Wildman–Crippen LogP) is 2.07. The molecule has 6 nitrogen and oxygen atoms in total. The highest BCUT2D eigenvalue weighted by Gasteiger charge is 2.46. The zero-order valence-corrected chi connectivity index (χ0v) is 15.1. The molecule has 0 aromatic carbocycles. The van der Waals surface area contributed by atoms with E-state index in [9.17, 15) is 9.90 Å². The first-order valence-electron chi connectivity index (χ1n) is 9.30. The maximum absolute atomic E-state index is 10.4. The van der Waals surface area contributed by atoms with Gasteiger partial charge in [-0.05, 0) is 49.8 Å². The third-order valence-electron chi connectivity index (χ3n) is 5.18. The van der Waals surface area contributed by atoms with Crippen LogP contribution in [0.25, 0.3) is 0 Å². The number of ether oxygens (including phenoxy) is 1. The van der Waals surface area contributed by atoms with Gasteiger partial charge in [0, 0.05) is 30.6 Å². The molecule has 2 aliphatic rings. The van der Waals surface area contributed by atoms with Crippen LogP contribution in [-0.4, -0.2) is 34.9 Å². The summed E-state index contributed by atoms with van der Waals surface area (Å²) >= 11 is 0. The van der Waals surface area contributed by atoms with Gasteiger partial charge < -0.3 is 20.5 Å². The van der Waals surface area contributed by atoms with Crippen LogP contribution in [0, 0.1) is 5.92 Å². The Morgan fingerprint density at radius 1 is 1.48 bits per heavy atom. The van der Waals surface area contributed by atoms with E-state index in [-0.39, 0.29) is 11.6 Å². The number of hydrogen-bond donors (Lipinski definition) is 3. The number of aliphatic hydroxyl groups excluding tert-OH is 1. The molecule has 3 rings (SSSR count). The molecule has 1 aromatic heterocycles. The van der Waals surface area contributed by atoms with Crippen LogP contribution in [-0.2, 0) is 11.2 Å². The van der Waals surface area contributed by atoms with Crippen LogP contribution in [0.15, 0.2) is 12.3 Å². The Balaban J connectivity index is 1.73. The minimum Gasteiger partial charge on any atom is -0.471 e. The smallest absolute Gasteiger partial charge is 0.218 e. The van der Waals surface area contributed by atoms with Crippen LogP contribution >= 0.6 is 0 Å². The van der Waals surface area contributed by atoms with Crippen molar-refractivity contribution in [3.05, 3.63) is 23.4 Å². The van der Waals surface area contributed by atoms with E-state index in [1.807, 2.05) is 6.20 Å². The number of amides is 1. The summed E-state index contributed by atoms with van der Waals surface area (Å²) in [5.74, 6) is 1.33. The highest BCUT2D eigenvalue weighted by atomic mass is 16.5. The molecular formula is C19H29N3O3. The molecule has 2 heterocycles. The Kier molecular flexibility index (Phi) is 5.59. The molecule has 0 saturated heterocycles. The van der Waals surface area contributed by atoms with Crippen molar-refractivity contribution >= 4 is 6.41 Å². The third kappa shape index (κ3) is 4.30. The van der Waals surface area contributed by atoms with Gasteiger partial charge in [0.1, 0.15) is 11.8 Å². The molecule has 2 unspecified atom stereocenters. The molecule has 1 aromatic rings. The molecular weight excluding hydrogens is 318 g/mol. The molecule has 1 aliphatic heterocycles. The summed E-state index contributed by atoms with van der Waals surface area (Å²) < 4.78 is 6.25. The molecule has 138 valence electrons. The van der Waals surface area contributed by atoms with Crippen molar-refractivity contribution in [3.8, 4) is 5.88 Å². The van der Waals surface area contributed by atoms with Crippen LogP contribution in [0.1, 0.15) is 63.1 Å². The fourth-order valence-electron chi connectivity index (χ4n) is 3.78. The standard InChI is InChI=1S/C19H29N3O3/c1-13(2)8-14-9-15-16(20-7-4-17(24)22-12-23)10-19(5-3-6-19)25-18(15)21-11-14/h9,11-13,16-17,20,24H,3-8,10H2,1-2H3,(H,22,23). The Bertz CT molecular complexity index is 602. The van der Waals surface area contributed by atoms with Gasteiger partial charge in [-0.1, -0.05) is 13.8 Å². The topological polar surface area (TPSA) is 83.5 Å². The Morgan fingerprint density at radius 2 is 2.28 bits per heavy atom. The van der Waals surface area contributed by atoms with Crippen molar-refractivity contribution < 1.29 is 14.6 Å². The second-order valence-corrected chi connectivity index (χ2v) is 7.77. The predicted molar refractivity (Wildman–Crippen MR) is 95.2 cm³/mol. The van der Waals surface area contributed by atoms with Gasteiger partial charge in [0.25, 0.3) is 0 Å². The fraction of sp³-hybridized carbons (Fsp3) is 0.684. The molecule has 6 heteroatoms. The highest BCUT2D eigenvalue weighted by Crippen LogP contribution is 2.48. The lowest BCUT2D eigenvalue weighted by molar-refractivity contribution is -0.112. The number of nitrogens with zero attached hydrogens (tertiary/aromatic N) is 1. The number of rotatable bonds is 8. The first-order chi connectivity index (χ1) is 12.0. The van der Waals surface area contributed by atoms with Crippen molar-refractivity contribution in [2.24, 2.45) is 5.92 Å². The van der Waals surface area contributed by atoms with E-state index in [2.05, 4.69) is 35.5 Å².